The third kappa shape index (κ3) is 3.21. The predicted molar refractivity (Wildman–Crippen MR) is 70.3 cm³/mol. The summed E-state index contributed by atoms with van der Waals surface area (Å²) in [5.74, 6) is 0.00763. The third-order valence-corrected chi connectivity index (χ3v) is 2.97. The Morgan fingerprint density at radius 2 is 1.89 bits per heavy atom. The Kier molecular flexibility index (Phi) is 5.26. The van der Waals surface area contributed by atoms with Crippen LogP contribution in [0.15, 0.2) is 6.07 Å². The molecular weight excluding hydrogens is 274 g/mol. The second-order valence-corrected chi connectivity index (χ2v) is 4.12. The average Bonchev–Trinajstić information content (AvgIpc) is 2.36. The SMILES string of the molecule is COc1cc(OC)c(C(N)CC(=O)O)c(Cl)c1OC. The van der Waals surface area contributed by atoms with Gasteiger partial charge in [0.25, 0.3) is 0 Å². The van der Waals surface area contributed by atoms with Crippen LogP contribution in [0, 0.1) is 0 Å². The number of benzene rings is 1. The molecule has 0 aliphatic carbocycles. The lowest BCUT2D eigenvalue weighted by atomic mass is 10.0. The lowest BCUT2D eigenvalue weighted by Gasteiger charge is -2.19. The highest BCUT2D eigenvalue weighted by Gasteiger charge is 2.24. The molecule has 0 amide bonds. The highest BCUT2D eigenvalue weighted by molar-refractivity contribution is 6.33. The number of methoxy groups -OCH3 is 3. The van der Waals surface area contributed by atoms with Crippen LogP contribution in [-0.2, 0) is 4.79 Å². The van der Waals surface area contributed by atoms with Crippen LogP contribution in [0.2, 0.25) is 5.02 Å². The van der Waals surface area contributed by atoms with Gasteiger partial charge in [-0.25, -0.2) is 0 Å². The second-order valence-electron chi connectivity index (χ2n) is 3.75. The zero-order valence-electron chi connectivity index (χ0n) is 10.9. The molecular formula is C12H16ClNO5. The first kappa shape index (κ1) is 15.4. The molecule has 1 rings (SSSR count). The standard InChI is InChI=1S/C12H16ClNO5/c1-17-7-5-8(18-2)12(19-3)11(13)10(7)6(14)4-9(15)16/h5-6H,4,14H2,1-3H3,(H,15,16). The monoisotopic (exact) mass is 289 g/mol. The van der Waals surface area contributed by atoms with Crippen LogP contribution in [0.5, 0.6) is 17.2 Å². The van der Waals surface area contributed by atoms with Crippen LogP contribution in [0.25, 0.3) is 0 Å². The first-order valence-electron chi connectivity index (χ1n) is 5.41. The Bertz CT molecular complexity index is 478. The van der Waals surface area contributed by atoms with Crippen molar-refractivity contribution in [3.05, 3.63) is 16.7 Å². The molecule has 0 bridgehead atoms. The van der Waals surface area contributed by atoms with Gasteiger partial charge in [-0.05, 0) is 0 Å². The molecule has 0 aromatic heterocycles. The topological polar surface area (TPSA) is 91.0 Å². The fourth-order valence-corrected chi connectivity index (χ4v) is 2.15. The number of ether oxygens (including phenoxy) is 3. The minimum absolute atomic E-state index is 0.187. The van der Waals surface area contributed by atoms with Crippen LogP contribution < -0.4 is 19.9 Å². The van der Waals surface area contributed by atoms with Gasteiger partial charge < -0.3 is 25.1 Å². The van der Waals surface area contributed by atoms with Gasteiger partial charge >= 0.3 is 5.97 Å². The smallest absolute Gasteiger partial charge is 0.305 e. The summed E-state index contributed by atoms with van der Waals surface area (Å²) in [6.45, 7) is 0. The van der Waals surface area contributed by atoms with Gasteiger partial charge in [-0.15, -0.1) is 0 Å². The van der Waals surface area contributed by atoms with E-state index >= 15 is 0 Å². The van der Waals surface area contributed by atoms with E-state index < -0.39 is 12.0 Å². The lowest BCUT2D eigenvalue weighted by Crippen LogP contribution is -2.17. The van der Waals surface area contributed by atoms with E-state index in [2.05, 4.69) is 0 Å². The molecule has 1 aromatic rings. The zero-order chi connectivity index (χ0) is 14.6. The maximum atomic E-state index is 10.8. The van der Waals surface area contributed by atoms with Crippen LogP contribution in [-0.4, -0.2) is 32.4 Å². The van der Waals surface area contributed by atoms with Crippen molar-refractivity contribution >= 4 is 17.6 Å². The number of nitrogens with two attached hydrogens (primary N) is 1. The molecule has 3 N–H and O–H groups in total. The number of carboxylic acids is 1. The van der Waals surface area contributed by atoms with Gasteiger partial charge in [-0.2, -0.15) is 0 Å². The van der Waals surface area contributed by atoms with Gasteiger partial charge in [-0.3, -0.25) is 4.79 Å². The Morgan fingerprint density at radius 1 is 1.32 bits per heavy atom. The van der Waals surface area contributed by atoms with Crippen molar-refractivity contribution < 1.29 is 24.1 Å². The fourth-order valence-electron chi connectivity index (χ4n) is 1.75. The van der Waals surface area contributed by atoms with Crippen molar-refractivity contribution in [3.8, 4) is 17.2 Å². The molecule has 0 aliphatic rings. The van der Waals surface area contributed by atoms with Crippen LogP contribution in [0.3, 0.4) is 0 Å². The lowest BCUT2D eigenvalue weighted by molar-refractivity contribution is -0.137. The number of halogens is 1. The van der Waals surface area contributed by atoms with E-state index in [1.807, 2.05) is 0 Å². The maximum Gasteiger partial charge on any atom is 0.305 e. The minimum atomic E-state index is -1.03. The summed E-state index contributed by atoms with van der Waals surface area (Å²) in [5.41, 5.74) is 6.23. The number of carboxylic acid groups (broad SMARTS) is 1. The van der Waals surface area contributed by atoms with E-state index in [4.69, 9.17) is 36.7 Å². The van der Waals surface area contributed by atoms with Crippen LogP contribution >= 0.6 is 11.6 Å². The molecule has 6 nitrogen and oxygen atoms in total. The Balaban J connectivity index is 3.40. The highest BCUT2D eigenvalue weighted by Crippen LogP contribution is 2.45. The molecule has 0 fully saturated rings. The van der Waals surface area contributed by atoms with E-state index in [9.17, 15) is 4.79 Å². The Hall–Kier alpha value is -1.66. The van der Waals surface area contributed by atoms with E-state index in [0.717, 1.165) is 0 Å². The normalized spacial score (nSPS) is 11.8. The Morgan fingerprint density at radius 3 is 2.32 bits per heavy atom. The van der Waals surface area contributed by atoms with Crippen LogP contribution in [0.4, 0.5) is 0 Å². The van der Waals surface area contributed by atoms with Gasteiger partial charge in [0.05, 0.1) is 32.8 Å². The van der Waals surface area contributed by atoms with Crippen molar-refractivity contribution in [3.63, 3.8) is 0 Å². The molecule has 0 heterocycles. The molecule has 1 unspecified atom stereocenters. The van der Waals surface area contributed by atoms with E-state index in [1.54, 1.807) is 6.07 Å². The van der Waals surface area contributed by atoms with Gasteiger partial charge in [0.2, 0.25) is 0 Å². The average molecular weight is 290 g/mol. The third-order valence-electron chi connectivity index (χ3n) is 2.60. The summed E-state index contributed by atoms with van der Waals surface area (Å²) in [7, 11) is 4.34. The molecule has 7 heteroatoms. The number of hydrogen-bond donors (Lipinski definition) is 2. The molecule has 106 valence electrons. The Labute approximate surface area is 116 Å². The van der Waals surface area contributed by atoms with Crippen molar-refractivity contribution in [2.75, 3.05) is 21.3 Å². The quantitative estimate of drug-likeness (QED) is 0.830. The summed E-state index contributed by atoms with van der Waals surface area (Å²) in [6, 6.07) is 0.752. The molecule has 19 heavy (non-hydrogen) atoms. The van der Waals surface area contributed by atoms with Crippen molar-refractivity contribution in [2.45, 2.75) is 12.5 Å². The van der Waals surface area contributed by atoms with Gasteiger partial charge in [0, 0.05) is 17.7 Å². The number of rotatable bonds is 6. The predicted octanol–water partition coefficient (Wildman–Crippen LogP) is 1.84. The van der Waals surface area contributed by atoms with Crippen molar-refractivity contribution in [1.82, 2.24) is 0 Å². The second kappa shape index (κ2) is 6.49. The molecule has 0 spiro atoms. The van der Waals surface area contributed by atoms with Crippen molar-refractivity contribution in [1.29, 1.82) is 0 Å². The highest BCUT2D eigenvalue weighted by atomic mass is 35.5. The number of hydrogen-bond acceptors (Lipinski definition) is 5. The molecule has 0 saturated heterocycles. The summed E-state index contributed by atoms with van der Waals surface area (Å²) < 4.78 is 15.5. The molecule has 1 aromatic carbocycles. The minimum Gasteiger partial charge on any atom is -0.496 e. The molecule has 0 saturated carbocycles. The first-order chi connectivity index (χ1) is 8.96. The van der Waals surface area contributed by atoms with E-state index in [1.165, 1.54) is 21.3 Å². The largest absolute Gasteiger partial charge is 0.496 e. The molecule has 1 atom stereocenters. The summed E-state index contributed by atoms with van der Waals surface area (Å²) in [5, 5.41) is 8.99. The summed E-state index contributed by atoms with van der Waals surface area (Å²) in [6.07, 6.45) is -0.272. The van der Waals surface area contributed by atoms with Crippen LogP contribution in [0.1, 0.15) is 18.0 Å². The van der Waals surface area contributed by atoms with Crippen molar-refractivity contribution in [2.24, 2.45) is 5.73 Å². The molecule has 0 radical (unpaired) electrons. The summed E-state index contributed by atoms with van der Waals surface area (Å²) >= 11 is 6.20. The first-order valence-corrected chi connectivity index (χ1v) is 5.79. The van der Waals surface area contributed by atoms with Gasteiger partial charge in [0.1, 0.15) is 5.75 Å². The van der Waals surface area contributed by atoms with Gasteiger partial charge in [0.15, 0.2) is 11.5 Å². The molecule has 0 aliphatic heterocycles. The maximum absolute atomic E-state index is 10.8. The number of carbonyl (C=O) groups is 1. The van der Waals surface area contributed by atoms with E-state index in [0.29, 0.717) is 22.8 Å². The zero-order valence-corrected chi connectivity index (χ0v) is 11.7. The fraction of sp³-hybridized carbons (Fsp3) is 0.417. The number of aliphatic carboxylic acids is 1. The summed E-state index contributed by atoms with van der Waals surface area (Å²) in [4.78, 5) is 10.8. The van der Waals surface area contributed by atoms with E-state index in [-0.39, 0.29) is 11.4 Å². The van der Waals surface area contributed by atoms with Gasteiger partial charge in [-0.1, -0.05) is 11.6 Å².